The molecule has 1 aromatic heterocycles. The summed E-state index contributed by atoms with van der Waals surface area (Å²) in [5.74, 6) is -1.29. The standard InChI is InChI=1S/C8H11ClN4O3S/c9-6-4(12-8(11)17-6)5(7(14)15)13-16-3-1-2-10/h1-3,10H2,(H2,11,12)(H,14,15). The second-order valence-corrected chi connectivity index (χ2v) is 4.53. The first-order valence-corrected chi connectivity index (χ1v) is 5.81. The van der Waals surface area contributed by atoms with E-state index in [4.69, 9.17) is 33.0 Å². The third-order valence-corrected chi connectivity index (χ3v) is 2.71. The summed E-state index contributed by atoms with van der Waals surface area (Å²) in [6.07, 6.45) is 0.573. The van der Waals surface area contributed by atoms with E-state index in [1.165, 1.54) is 0 Å². The van der Waals surface area contributed by atoms with Gasteiger partial charge in [0.05, 0.1) is 0 Å². The molecule has 94 valence electrons. The SMILES string of the molecule is NCCCON=C(C(=O)O)c1nc(N)sc1Cl. The van der Waals surface area contributed by atoms with Crippen LogP contribution in [0, 0.1) is 0 Å². The number of carbonyl (C=O) groups is 1. The van der Waals surface area contributed by atoms with Crippen LogP contribution >= 0.6 is 22.9 Å². The fourth-order valence-electron chi connectivity index (χ4n) is 0.905. The van der Waals surface area contributed by atoms with Crippen LogP contribution in [0.15, 0.2) is 5.16 Å². The van der Waals surface area contributed by atoms with Gasteiger partial charge in [0.25, 0.3) is 0 Å². The maximum Gasteiger partial charge on any atom is 0.360 e. The zero-order chi connectivity index (χ0) is 12.8. The molecule has 0 aromatic carbocycles. The molecule has 0 saturated heterocycles. The lowest BCUT2D eigenvalue weighted by Crippen LogP contribution is -2.16. The van der Waals surface area contributed by atoms with Crippen molar-refractivity contribution >= 4 is 39.8 Å². The average molecular weight is 279 g/mol. The minimum absolute atomic E-state index is 0.00872. The van der Waals surface area contributed by atoms with E-state index < -0.39 is 5.97 Å². The van der Waals surface area contributed by atoms with Gasteiger partial charge in [0.1, 0.15) is 16.6 Å². The molecule has 17 heavy (non-hydrogen) atoms. The first-order chi connectivity index (χ1) is 8.06. The molecule has 0 fully saturated rings. The second kappa shape index (κ2) is 6.38. The highest BCUT2D eigenvalue weighted by molar-refractivity contribution is 7.19. The first-order valence-electron chi connectivity index (χ1n) is 4.61. The van der Waals surface area contributed by atoms with Crippen LogP contribution in [-0.4, -0.2) is 34.9 Å². The zero-order valence-corrected chi connectivity index (χ0v) is 10.3. The van der Waals surface area contributed by atoms with Crippen LogP contribution in [0.3, 0.4) is 0 Å². The van der Waals surface area contributed by atoms with Gasteiger partial charge in [-0.2, -0.15) is 0 Å². The number of aromatic nitrogens is 1. The molecule has 0 aliphatic carbocycles. The van der Waals surface area contributed by atoms with Crippen molar-refractivity contribution in [2.75, 3.05) is 18.9 Å². The highest BCUT2D eigenvalue weighted by Gasteiger charge is 2.21. The summed E-state index contributed by atoms with van der Waals surface area (Å²) in [6.45, 7) is 0.660. The third-order valence-electron chi connectivity index (χ3n) is 1.62. The van der Waals surface area contributed by atoms with Gasteiger partial charge in [-0.15, -0.1) is 0 Å². The number of nitrogens with zero attached hydrogens (tertiary/aromatic N) is 2. The predicted molar refractivity (Wildman–Crippen MR) is 65.3 cm³/mol. The summed E-state index contributed by atoms with van der Waals surface area (Å²) in [4.78, 5) is 19.5. The minimum Gasteiger partial charge on any atom is -0.476 e. The Morgan fingerprint density at radius 2 is 2.35 bits per heavy atom. The number of thiazole rings is 1. The molecular formula is C8H11ClN4O3S. The van der Waals surface area contributed by atoms with Gasteiger partial charge in [0.15, 0.2) is 5.13 Å². The lowest BCUT2D eigenvalue weighted by atomic mass is 10.3. The molecule has 0 amide bonds. The van der Waals surface area contributed by atoms with E-state index >= 15 is 0 Å². The van der Waals surface area contributed by atoms with E-state index in [0.717, 1.165) is 11.3 Å². The molecular weight excluding hydrogens is 268 g/mol. The number of nitrogens with two attached hydrogens (primary N) is 2. The van der Waals surface area contributed by atoms with Crippen LogP contribution in [0.5, 0.6) is 0 Å². The molecule has 1 heterocycles. The Morgan fingerprint density at radius 3 is 2.82 bits per heavy atom. The topological polar surface area (TPSA) is 124 Å². The highest BCUT2D eigenvalue weighted by atomic mass is 35.5. The minimum atomic E-state index is -1.29. The Kier molecular flexibility index (Phi) is 5.13. The molecule has 0 saturated carbocycles. The molecule has 0 bridgehead atoms. The van der Waals surface area contributed by atoms with Gasteiger partial charge in [-0.3, -0.25) is 0 Å². The number of aliphatic carboxylic acids is 1. The molecule has 0 aliphatic heterocycles. The van der Waals surface area contributed by atoms with Gasteiger partial charge in [-0.25, -0.2) is 9.78 Å². The van der Waals surface area contributed by atoms with E-state index in [0.29, 0.717) is 13.0 Å². The average Bonchev–Trinajstić information content (AvgIpc) is 2.57. The van der Waals surface area contributed by atoms with Crippen LogP contribution in [0.1, 0.15) is 12.1 Å². The van der Waals surface area contributed by atoms with E-state index in [9.17, 15) is 4.79 Å². The number of carboxylic acid groups (broad SMARTS) is 1. The van der Waals surface area contributed by atoms with Crippen LogP contribution in [0.4, 0.5) is 5.13 Å². The van der Waals surface area contributed by atoms with Crippen LogP contribution in [0.25, 0.3) is 0 Å². The van der Waals surface area contributed by atoms with Crippen molar-refractivity contribution in [2.24, 2.45) is 10.9 Å². The second-order valence-electron chi connectivity index (χ2n) is 2.89. The Bertz CT molecular complexity index is 434. The molecule has 1 aromatic rings. The molecule has 0 unspecified atom stereocenters. The number of carboxylic acids is 1. The van der Waals surface area contributed by atoms with E-state index in [1.54, 1.807) is 0 Å². The normalized spacial score (nSPS) is 11.5. The maximum atomic E-state index is 11.0. The smallest absolute Gasteiger partial charge is 0.360 e. The Hall–Kier alpha value is -1.38. The summed E-state index contributed by atoms with van der Waals surface area (Å²) in [6, 6.07) is 0. The number of halogens is 1. The molecule has 0 spiro atoms. The van der Waals surface area contributed by atoms with Crippen molar-refractivity contribution in [1.29, 1.82) is 0 Å². The number of anilines is 1. The molecule has 0 radical (unpaired) electrons. The summed E-state index contributed by atoms with van der Waals surface area (Å²) >= 11 is 6.75. The first kappa shape index (κ1) is 13.7. The highest BCUT2D eigenvalue weighted by Crippen LogP contribution is 2.26. The van der Waals surface area contributed by atoms with Gasteiger partial charge >= 0.3 is 5.97 Å². The van der Waals surface area contributed by atoms with Gasteiger partial charge in [0.2, 0.25) is 5.71 Å². The van der Waals surface area contributed by atoms with E-state index in [1.807, 2.05) is 0 Å². The fraction of sp³-hybridized carbons (Fsp3) is 0.375. The van der Waals surface area contributed by atoms with Crippen molar-refractivity contribution in [1.82, 2.24) is 4.98 Å². The molecule has 5 N–H and O–H groups in total. The Balaban J connectivity index is 2.86. The van der Waals surface area contributed by atoms with Gasteiger partial charge < -0.3 is 21.4 Å². The number of hydrogen-bond donors (Lipinski definition) is 3. The third kappa shape index (κ3) is 3.84. The predicted octanol–water partition coefficient (Wildman–Crippen LogP) is 0.533. The van der Waals surface area contributed by atoms with E-state index in [-0.39, 0.29) is 27.5 Å². The largest absolute Gasteiger partial charge is 0.476 e. The number of hydrogen-bond acceptors (Lipinski definition) is 7. The van der Waals surface area contributed by atoms with E-state index in [2.05, 4.69) is 10.1 Å². The Morgan fingerprint density at radius 1 is 1.65 bits per heavy atom. The summed E-state index contributed by atoms with van der Waals surface area (Å²) in [7, 11) is 0. The lowest BCUT2D eigenvalue weighted by Gasteiger charge is -2.00. The van der Waals surface area contributed by atoms with Crippen molar-refractivity contribution in [3.63, 3.8) is 0 Å². The summed E-state index contributed by atoms with van der Waals surface area (Å²) in [5.41, 5.74) is 10.3. The monoisotopic (exact) mass is 278 g/mol. The summed E-state index contributed by atoms with van der Waals surface area (Å²) < 4.78 is 0.158. The lowest BCUT2D eigenvalue weighted by molar-refractivity contribution is -0.129. The molecule has 0 atom stereocenters. The zero-order valence-electron chi connectivity index (χ0n) is 8.72. The quantitative estimate of drug-likeness (QED) is 0.396. The molecule has 7 nitrogen and oxygen atoms in total. The molecule has 9 heteroatoms. The van der Waals surface area contributed by atoms with Gasteiger partial charge in [-0.05, 0) is 13.0 Å². The van der Waals surface area contributed by atoms with Gasteiger partial charge in [0, 0.05) is 0 Å². The maximum absolute atomic E-state index is 11.0. The van der Waals surface area contributed by atoms with Crippen LogP contribution < -0.4 is 11.5 Å². The van der Waals surface area contributed by atoms with Crippen molar-refractivity contribution < 1.29 is 14.7 Å². The molecule has 1 rings (SSSR count). The Labute approximate surface area is 106 Å². The number of nitrogen functional groups attached to an aromatic ring is 1. The molecule has 0 aliphatic rings. The van der Waals surface area contributed by atoms with Crippen LogP contribution in [0.2, 0.25) is 4.34 Å². The van der Waals surface area contributed by atoms with Crippen molar-refractivity contribution in [3.05, 3.63) is 10.0 Å². The number of oxime groups is 1. The summed E-state index contributed by atoms with van der Waals surface area (Å²) in [5, 5.41) is 12.6. The fourth-order valence-corrected chi connectivity index (χ4v) is 1.83. The number of rotatable bonds is 6. The van der Waals surface area contributed by atoms with Gasteiger partial charge in [-0.1, -0.05) is 28.1 Å². The van der Waals surface area contributed by atoms with Crippen molar-refractivity contribution in [2.45, 2.75) is 6.42 Å². The van der Waals surface area contributed by atoms with Crippen LogP contribution in [-0.2, 0) is 9.63 Å². The van der Waals surface area contributed by atoms with Crippen molar-refractivity contribution in [3.8, 4) is 0 Å².